The predicted octanol–water partition coefficient (Wildman–Crippen LogP) is 2.72. The highest BCUT2D eigenvalue weighted by Crippen LogP contribution is 2.18. The van der Waals surface area contributed by atoms with Crippen molar-refractivity contribution in [2.45, 2.75) is 25.5 Å². The van der Waals surface area contributed by atoms with Crippen molar-refractivity contribution in [3.05, 3.63) is 65.7 Å². The largest absolute Gasteiger partial charge is 0.378 e. The third-order valence-electron chi connectivity index (χ3n) is 6.67. The van der Waals surface area contributed by atoms with Crippen LogP contribution < -0.4 is 4.90 Å². The number of nitrogens with zero attached hydrogens (tertiary/aromatic N) is 4. The van der Waals surface area contributed by atoms with Gasteiger partial charge < -0.3 is 19.4 Å². The van der Waals surface area contributed by atoms with E-state index in [1.165, 1.54) is 0 Å². The van der Waals surface area contributed by atoms with Gasteiger partial charge in [-0.2, -0.15) is 0 Å². The van der Waals surface area contributed by atoms with Crippen LogP contribution in [0.2, 0.25) is 0 Å². The molecule has 2 aliphatic heterocycles. The second-order valence-electron chi connectivity index (χ2n) is 9.40. The number of rotatable bonds is 8. The zero-order chi connectivity index (χ0) is 23.9. The minimum Gasteiger partial charge on any atom is -0.378 e. The molecule has 2 aromatic carbocycles. The van der Waals surface area contributed by atoms with Crippen molar-refractivity contribution >= 4 is 17.5 Å². The van der Waals surface area contributed by atoms with Gasteiger partial charge >= 0.3 is 0 Å². The number of piperazine rings is 1. The monoisotopic (exact) mass is 464 g/mol. The summed E-state index contributed by atoms with van der Waals surface area (Å²) in [5.74, 6) is 0.183. The molecule has 2 aliphatic rings. The third kappa shape index (κ3) is 6.36. The Morgan fingerprint density at radius 3 is 2.29 bits per heavy atom. The normalized spacial score (nSPS) is 18.6. The highest BCUT2D eigenvalue weighted by molar-refractivity contribution is 5.94. The van der Waals surface area contributed by atoms with Crippen LogP contribution in [-0.2, 0) is 16.1 Å². The van der Waals surface area contributed by atoms with Gasteiger partial charge in [-0.3, -0.25) is 14.5 Å². The molecule has 4 rings (SSSR count). The maximum absolute atomic E-state index is 13.4. The Balaban J connectivity index is 1.34. The maximum Gasteiger partial charge on any atom is 0.253 e. The molecule has 0 aliphatic carbocycles. The number of hydrogen-bond donors (Lipinski definition) is 0. The molecule has 0 bridgehead atoms. The molecule has 7 nitrogen and oxygen atoms in total. The highest BCUT2D eigenvalue weighted by Gasteiger charge is 2.27. The summed E-state index contributed by atoms with van der Waals surface area (Å²) >= 11 is 0. The van der Waals surface area contributed by atoms with E-state index in [1.807, 2.05) is 54.2 Å². The van der Waals surface area contributed by atoms with Crippen LogP contribution >= 0.6 is 0 Å². The van der Waals surface area contributed by atoms with E-state index in [-0.39, 0.29) is 17.9 Å². The standard InChI is InChI=1S/C27H36N4O3/c1-28(2)24-12-10-22(11-13-24)19-31(20-25-9-6-18-34-25)26(32)21-29-14-16-30(17-15-29)27(33)23-7-4-3-5-8-23/h3-5,7-8,10-13,25H,6,9,14-21H2,1-2H3/t25-/m0/s1. The molecule has 2 aromatic rings. The molecule has 0 saturated carbocycles. The first-order valence-corrected chi connectivity index (χ1v) is 12.2. The van der Waals surface area contributed by atoms with Crippen molar-refractivity contribution in [2.24, 2.45) is 0 Å². The lowest BCUT2D eigenvalue weighted by atomic mass is 10.1. The smallest absolute Gasteiger partial charge is 0.253 e. The van der Waals surface area contributed by atoms with Crippen molar-refractivity contribution in [1.29, 1.82) is 0 Å². The Bertz CT molecular complexity index is 934. The van der Waals surface area contributed by atoms with Gasteiger partial charge in [0.05, 0.1) is 12.6 Å². The van der Waals surface area contributed by atoms with Crippen molar-refractivity contribution in [2.75, 3.05) is 64.9 Å². The number of ether oxygens (including phenoxy) is 1. The van der Waals surface area contributed by atoms with Gasteiger partial charge in [-0.25, -0.2) is 0 Å². The summed E-state index contributed by atoms with van der Waals surface area (Å²) in [6, 6.07) is 17.8. The van der Waals surface area contributed by atoms with Crippen molar-refractivity contribution < 1.29 is 14.3 Å². The molecule has 2 amide bonds. The Kier molecular flexibility index (Phi) is 8.19. The lowest BCUT2D eigenvalue weighted by molar-refractivity contribution is -0.135. The van der Waals surface area contributed by atoms with Crippen LogP contribution in [0.4, 0.5) is 5.69 Å². The van der Waals surface area contributed by atoms with Gasteiger partial charge in [0, 0.05) is 71.2 Å². The van der Waals surface area contributed by atoms with Crippen LogP contribution in [0.1, 0.15) is 28.8 Å². The molecule has 0 aromatic heterocycles. The molecule has 0 spiro atoms. The van der Waals surface area contributed by atoms with Crippen molar-refractivity contribution in [3.63, 3.8) is 0 Å². The molecule has 2 fully saturated rings. The van der Waals surface area contributed by atoms with Crippen LogP contribution in [0.15, 0.2) is 54.6 Å². The topological polar surface area (TPSA) is 56.3 Å². The number of hydrogen-bond acceptors (Lipinski definition) is 5. The van der Waals surface area contributed by atoms with Gasteiger partial charge in [-0.15, -0.1) is 0 Å². The fourth-order valence-corrected chi connectivity index (χ4v) is 4.57. The highest BCUT2D eigenvalue weighted by atomic mass is 16.5. The number of carbonyl (C=O) groups excluding carboxylic acids is 2. The lowest BCUT2D eigenvalue weighted by Crippen LogP contribution is -2.52. The van der Waals surface area contributed by atoms with Gasteiger partial charge in [0.1, 0.15) is 0 Å². The van der Waals surface area contributed by atoms with E-state index >= 15 is 0 Å². The summed E-state index contributed by atoms with van der Waals surface area (Å²) in [7, 11) is 4.05. The molecule has 34 heavy (non-hydrogen) atoms. The summed E-state index contributed by atoms with van der Waals surface area (Å²) in [6.45, 7) is 5.04. The Morgan fingerprint density at radius 2 is 1.68 bits per heavy atom. The van der Waals surface area contributed by atoms with Crippen LogP contribution in [0.25, 0.3) is 0 Å². The lowest BCUT2D eigenvalue weighted by Gasteiger charge is -2.36. The first kappa shape index (κ1) is 24.2. The van der Waals surface area contributed by atoms with E-state index in [4.69, 9.17) is 4.74 Å². The fourth-order valence-electron chi connectivity index (χ4n) is 4.57. The van der Waals surface area contributed by atoms with E-state index in [9.17, 15) is 9.59 Å². The van der Waals surface area contributed by atoms with E-state index in [2.05, 4.69) is 34.1 Å². The van der Waals surface area contributed by atoms with Crippen LogP contribution in [-0.4, -0.2) is 92.6 Å². The molecule has 2 saturated heterocycles. The molecule has 2 heterocycles. The third-order valence-corrected chi connectivity index (χ3v) is 6.67. The average Bonchev–Trinajstić information content (AvgIpc) is 3.38. The number of anilines is 1. The minimum absolute atomic E-state index is 0.0627. The molecule has 1 atom stereocenters. The Morgan fingerprint density at radius 1 is 0.971 bits per heavy atom. The second-order valence-corrected chi connectivity index (χ2v) is 9.40. The number of carbonyl (C=O) groups is 2. The fraction of sp³-hybridized carbons (Fsp3) is 0.481. The van der Waals surface area contributed by atoms with Gasteiger partial charge in [0.25, 0.3) is 5.91 Å². The van der Waals surface area contributed by atoms with Crippen LogP contribution in [0.3, 0.4) is 0 Å². The molecule has 0 N–H and O–H groups in total. The first-order chi connectivity index (χ1) is 16.5. The molecular weight excluding hydrogens is 428 g/mol. The summed E-state index contributed by atoms with van der Waals surface area (Å²) in [5, 5.41) is 0. The molecule has 0 radical (unpaired) electrons. The van der Waals surface area contributed by atoms with Crippen molar-refractivity contribution in [1.82, 2.24) is 14.7 Å². The van der Waals surface area contributed by atoms with Crippen LogP contribution in [0.5, 0.6) is 0 Å². The second kappa shape index (κ2) is 11.5. The minimum atomic E-state index is 0.0627. The van der Waals surface area contributed by atoms with Crippen LogP contribution in [0, 0.1) is 0 Å². The Labute approximate surface area is 202 Å². The van der Waals surface area contributed by atoms with E-state index in [1.54, 1.807) is 0 Å². The SMILES string of the molecule is CN(C)c1ccc(CN(C[C@@H]2CCCO2)C(=O)CN2CCN(C(=O)c3ccccc3)CC2)cc1. The van der Waals surface area contributed by atoms with E-state index in [0.717, 1.165) is 36.3 Å². The summed E-state index contributed by atoms with van der Waals surface area (Å²) in [4.78, 5) is 34.1. The quantitative estimate of drug-likeness (QED) is 0.601. The van der Waals surface area contributed by atoms with Gasteiger partial charge in [0.2, 0.25) is 5.91 Å². The van der Waals surface area contributed by atoms with Gasteiger partial charge in [-0.05, 0) is 42.7 Å². The maximum atomic E-state index is 13.4. The number of benzene rings is 2. The average molecular weight is 465 g/mol. The van der Waals surface area contributed by atoms with Gasteiger partial charge in [-0.1, -0.05) is 30.3 Å². The summed E-state index contributed by atoms with van der Waals surface area (Å²) in [6.07, 6.45) is 2.18. The molecule has 182 valence electrons. The first-order valence-electron chi connectivity index (χ1n) is 12.2. The summed E-state index contributed by atoms with van der Waals surface area (Å²) < 4.78 is 5.84. The Hall–Kier alpha value is -2.90. The molecule has 7 heteroatoms. The van der Waals surface area contributed by atoms with E-state index < -0.39 is 0 Å². The van der Waals surface area contributed by atoms with Crippen molar-refractivity contribution in [3.8, 4) is 0 Å². The summed E-state index contributed by atoms with van der Waals surface area (Å²) in [5.41, 5.74) is 2.98. The number of amides is 2. The van der Waals surface area contributed by atoms with E-state index in [0.29, 0.717) is 45.8 Å². The van der Waals surface area contributed by atoms with Gasteiger partial charge in [0.15, 0.2) is 0 Å². The zero-order valence-corrected chi connectivity index (χ0v) is 20.4. The predicted molar refractivity (Wildman–Crippen MR) is 134 cm³/mol. The molecule has 0 unspecified atom stereocenters. The zero-order valence-electron chi connectivity index (χ0n) is 20.4. The molecular formula is C27H36N4O3.